The average molecular weight is 246 g/mol. The first-order valence-electron chi connectivity index (χ1n) is 5.97. The predicted molar refractivity (Wildman–Crippen MR) is 67.0 cm³/mol. The van der Waals surface area contributed by atoms with Gasteiger partial charge in [-0.05, 0) is 24.1 Å². The number of nitrogens with zero attached hydrogens (tertiary/aromatic N) is 2. The molecular formula is C14H15FN2O. The standard InChI is InChI=1S/C14H15FN2O/c1-2-3-14(18)12-4-5-17(10-12)9-11-6-13(15)8-16-7-11/h4-8,10H,2-3,9H2,1H3. The molecule has 0 aliphatic rings. The third kappa shape index (κ3) is 3.03. The van der Waals surface area contributed by atoms with Gasteiger partial charge in [0.05, 0.1) is 6.20 Å². The molecule has 3 nitrogen and oxygen atoms in total. The Morgan fingerprint density at radius 3 is 3.00 bits per heavy atom. The first-order valence-corrected chi connectivity index (χ1v) is 5.97. The minimum Gasteiger partial charge on any atom is -0.349 e. The van der Waals surface area contributed by atoms with Gasteiger partial charge in [0.1, 0.15) is 5.82 Å². The second kappa shape index (κ2) is 5.58. The number of hydrogen-bond donors (Lipinski definition) is 0. The van der Waals surface area contributed by atoms with Gasteiger partial charge in [-0.15, -0.1) is 0 Å². The van der Waals surface area contributed by atoms with Gasteiger partial charge in [-0.3, -0.25) is 9.78 Å². The lowest BCUT2D eigenvalue weighted by atomic mass is 10.1. The van der Waals surface area contributed by atoms with E-state index < -0.39 is 0 Å². The summed E-state index contributed by atoms with van der Waals surface area (Å²) in [6.45, 7) is 2.50. The van der Waals surface area contributed by atoms with E-state index >= 15 is 0 Å². The van der Waals surface area contributed by atoms with Gasteiger partial charge in [-0.25, -0.2) is 4.39 Å². The molecule has 18 heavy (non-hydrogen) atoms. The van der Waals surface area contributed by atoms with Crippen LogP contribution in [0, 0.1) is 5.82 Å². The third-order valence-electron chi connectivity index (χ3n) is 2.68. The van der Waals surface area contributed by atoms with Crippen molar-refractivity contribution in [3.8, 4) is 0 Å². The van der Waals surface area contributed by atoms with Crippen LogP contribution >= 0.6 is 0 Å². The highest BCUT2D eigenvalue weighted by atomic mass is 19.1. The fraction of sp³-hybridized carbons (Fsp3) is 0.286. The fourth-order valence-electron chi connectivity index (χ4n) is 1.83. The zero-order chi connectivity index (χ0) is 13.0. The quantitative estimate of drug-likeness (QED) is 0.760. The Hall–Kier alpha value is -1.97. The number of rotatable bonds is 5. The second-order valence-corrected chi connectivity index (χ2v) is 4.26. The lowest BCUT2D eigenvalue weighted by molar-refractivity contribution is 0.0981. The zero-order valence-electron chi connectivity index (χ0n) is 10.3. The summed E-state index contributed by atoms with van der Waals surface area (Å²) in [7, 11) is 0. The number of ketones is 1. The summed E-state index contributed by atoms with van der Waals surface area (Å²) in [6, 6.07) is 3.24. The minimum atomic E-state index is -0.345. The van der Waals surface area contributed by atoms with E-state index in [1.54, 1.807) is 18.5 Å². The smallest absolute Gasteiger partial charge is 0.164 e. The Kier molecular flexibility index (Phi) is 3.87. The molecule has 2 aromatic rings. The normalized spacial score (nSPS) is 10.6. The van der Waals surface area contributed by atoms with Crippen LogP contribution in [0.5, 0.6) is 0 Å². The number of aromatic nitrogens is 2. The van der Waals surface area contributed by atoms with E-state index in [-0.39, 0.29) is 11.6 Å². The molecule has 0 radical (unpaired) electrons. The predicted octanol–water partition coefficient (Wildman–Crippen LogP) is 3.05. The van der Waals surface area contributed by atoms with Crippen molar-refractivity contribution in [2.24, 2.45) is 0 Å². The molecule has 0 N–H and O–H groups in total. The van der Waals surface area contributed by atoms with Crippen LogP contribution in [0.15, 0.2) is 36.9 Å². The lowest BCUT2D eigenvalue weighted by Crippen LogP contribution is -1.99. The number of Topliss-reactive ketones (excluding diaryl/α,β-unsaturated/α-hetero) is 1. The minimum absolute atomic E-state index is 0.147. The van der Waals surface area contributed by atoms with E-state index in [4.69, 9.17) is 0 Å². The molecule has 2 rings (SSSR count). The van der Waals surface area contributed by atoms with Crippen molar-refractivity contribution >= 4 is 5.78 Å². The molecule has 2 heterocycles. The Labute approximate surface area is 105 Å². The highest BCUT2D eigenvalue weighted by Crippen LogP contribution is 2.09. The van der Waals surface area contributed by atoms with Crippen molar-refractivity contribution in [2.45, 2.75) is 26.3 Å². The third-order valence-corrected chi connectivity index (χ3v) is 2.68. The summed E-state index contributed by atoms with van der Waals surface area (Å²) in [6.07, 6.45) is 7.83. The molecule has 0 saturated heterocycles. The highest BCUT2D eigenvalue weighted by molar-refractivity contribution is 5.95. The van der Waals surface area contributed by atoms with Crippen LogP contribution in [0.3, 0.4) is 0 Å². The Bertz CT molecular complexity index is 548. The number of pyridine rings is 1. The van der Waals surface area contributed by atoms with E-state index in [0.717, 1.165) is 12.0 Å². The van der Waals surface area contributed by atoms with Crippen LogP contribution in [-0.2, 0) is 6.54 Å². The van der Waals surface area contributed by atoms with Crippen molar-refractivity contribution in [3.05, 3.63) is 53.9 Å². The van der Waals surface area contributed by atoms with Crippen molar-refractivity contribution < 1.29 is 9.18 Å². The van der Waals surface area contributed by atoms with Crippen molar-refractivity contribution in [2.75, 3.05) is 0 Å². The molecular weight excluding hydrogens is 231 g/mol. The maximum absolute atomic E-state index is 13.0. The molecule has 0 aliphatic carbocycles. The van der Waals surface area contributed by atoms with Gasteiger partial charge in [0.15, 0.2) is 5.78 Å². The zero-order valence-corrected chi connectivity index (χ0v) is 10.3. The second-order valence-electron chi connectivity index (χ2n) is 4.26. The largest absolute Gasteiger partial charge is 0.349 e. The summed E-state index contributed by atoms with van der Waals surface area (Å²) in [5, 5.41) is 0. The first kappa shape index (κ1) is 12.5. The molecule has 0 unspecified atom stereocenters. The van der Waals surface area contributed by atoms with Crippen molar-refractivity contribution in [1.82, 2.24) is 9.55 Å². The summed E-state index contributed by atoms with van der Waals surface area (Å²) >= 11 is 0. The first-order chi connectivity index (χ1) is 8.69. The molecule has 0 fully saturated rings. The Morgan fingerprint density at radius 2 is 2.28 bits per heavy atom. The molecule has 2 aromatic heterocycles. The van der Waals surface area contributed by atoms with Crippen LogP contribution in [0.4, 0.5) is 4.39 Å². The molecule has 0 saturated carbocycles. The molecule has 4 heteroatoms. The summed E-state index contributed by atoms with van der Waals surface area (Å²) in [5.74, 6) is -0.199. The number of carbonyl (C=O) groups is 1. The van der Waals surface area contributed by atoms with E-state index in [9.17, 15) is 9.18 Å². The number of carbonyl (C=O) groups excluding carboxylic acids is 1. The Balaban J connectivity index is 2.09. The molecule has 0 bridgehead atoms. The van der Waals surface area contributed by atoms with Gasteiger partial charge in [-0.1, -0.05) is 6.92 Å². The Morgan fingerprint density at radius 1 is 1.44 bits per heavy atom. The topological polar surface area (TPSA) is 34.9 Å². The van der Waals surface area contributed by atoms with Crippen molar-refractivity contribution in [1.29, 1.82) is 0 Å². The van der Waals surface area contributed by atoms with Gasteiger partial charge >= 0.3 is 0 Å². The van der Waals surface area contributed by atoms with E-state index in [1.807, 2.05) is 17.7 Å². The maximum atomic E-state index is 13.0. The SMILES string of the molecule is CCCC(=O)c1ccn(Cc2cncc(F)c2)c1. The molecule has 0 amide bonds. The highest BCUT2D eigenvalue weighted by Gasteiger charge is 2.06. The van der Waals surface area contributed by atoms with Gasteiger partial charge < -0.3 is 4.57 Å². The van der Waals surface area contributed by atoms with E-state index in [0.29, 0.717) is 18.5 Å². The van der Waals surface area contributed by atoms with Crippen LogP contribution in [-0.4, -0.2) is 15.3 Å². The molecule has 0 aliphatic heterocycles. The summed E-state index contributed by atoms with van der Waals surface area (Å²) in [5.41, 5.74) is 1.49. The monoisotopic (exact) mass is 246 g/mol. The van der Waals surface area contributed by atoms with Gasteiger partial charge in [0.25, 0.3) is 0 Å². The van der Waals surface area contributed by atoms with Crippen molar-refractivity contribution in [3.63, 3.8) is 0 Å². The lowest BCUT2D eigenvalue weighted by Gasteiger charge is -2.02. The van der Waals surface area contributed by atoms with Crippen LogP contribution in [0.2, 0.25) is 0 Å². The average Bonchev–Trinajstić information content (AvgIpc) is 2.78. The van der Waals surface area contributed by atoms with Gasteiger partial charge in [-0.2, -0.15) is 0 Å². The maximum Gasteiger partial charge on any atom is 0.164 e. The van der Waals surface area contributed by atoms with Crippen LogP contribution in [0.25, 0.3) is 0 Å². The molecule has 0 spiro atoms. The molecule has 0 atom stereocenters. The van der Waals surface area contributed by atoms with Crippen LogP contribution < -0.4 is 0 Å². The molecule has 0 aromatic carbocycles. The summed E-state index contributed by atoms with van der Waals surface area (Å²) < 4.78 is 14.8. The summed E-state index contributed by atoms with van der Waals surface area (Å²) in [4.78, 5) is 15.5. The van der Waals surface area contributed by atoms with E-state index in [1.165, 1.54) is 12.3 Å². The van der Waals surface area contributed by atoms with Gasteiger partial charge in [0.2, 0.25) is 0 Å². The molecule has 94 valence electrons. The van der Waals surface area contributed by atoms with Crippen LogP contribution in [0.1, 0.15) is 35.7 Å². The van der Waals surface area contributed by atoms with Gasteiger partial charge in [0, 0.05) is 37.1 Å². The number of halogens is 1. The fourth-order valence-corrected chi connectivity index (χ4v) is 1.83. The van der Waals surface area contributed by atoms with E-state index in [2.05, 4.69) is 4.98 Å². The number of hydrogen-bond acceptors (Lipinski definition) is 2.